The third-order valence-corrected chi connectivity index (χ3v) is 6.94. The summed E-state index contributed by atoms with van der Waals surface area (Å²) >= 11 is 0. The van der Waals surface area contributed by atoms with E-state index in [9.17, 15) is 0 Å². The summed E-state index contributed by atoms with van der Waals surface area (Å²) in [6, 6.07) is 0. The van der Waals surface area contributed by atoms with Gasteiger partial charge >= 0.3 is 21.1 Å². The third-order valence-electron chi connectivity index (χ3n) is 3.91. The van der Waals surface area contributed by atoms with Gasteiger partial charge in [-0.25, -0.2) is 0 Å². The van der Waals surface area contributed by atoms with E-state index in [2.05, 4.69) is 60.9 Å². The third kappa shape index (κ3) is 25.2. The van der Waals surface area contributed by atoms with Gasteiger partial charge in [-0.15, -0.1) is 0 Å². The van der Waals surface area contributed by atoms with Crippen LogP contribution in [0.15, 0.2) is 0 Å². The molecule has 0 atom stereocenters. The van der Waals surface area contributed by atoms with Gasteiger partial charge in [0, 0.05) is 8.07 Å². The first-order chi connectivity index (χ1) is 8.75. The van der Waals surface area contributed by atoms with Crippen molar-refractivity contribution in [2.45, 2.75) is 78.6 Å². The van der Waals surface area contributed by atoms with Crippen molar-refractivity contribution >= 4 is 21.7 Å². The molecule has 0 N–H and O–H groups in total. The molecule has 1 rings (SSSR count). The number of rotatable bonds is 2. The van der Waals surface area contributed by atoms with E-state index in [1.165, 1.54) is 25.7 Å². The molecule has 0 bridgehead atoms. The maximum absolute atomic E-state index is 7.75. The largest absolute Gasteiger partial charge is 4.00 e. The minimum absolute atomic E-state index is 0. The molecule has 0 saturated heterocycles. The Bertz CT molecular complexity index is 178. The van der Waals surface area contributed by atoms with Crippen LogP contribution in [0.4, 0.5) is 0 Å². The first kappa shape index (κ1) is 38.0. The molecule has 2 nitrogen and oxygen atoms in total. The SMILES string of the molecule is CC(C)C(C)C.C[Si](C)(C)C1CCCC1.[CH-]=O.[CH-]=O.[CH3-].[CH3-].[Mo+4]. The number of hydrogen-bond acceptors (Lipinski definition) is 2. The van der Waals surface area contributed by atoms with Crippen molar-refractivity contribution in [2.24, 2.45) is 11.8 Å². The molecule has 0 unspecified atom stereocenters. The first-order valence-electron chi connectivity index (χ1n) is 7.22. The molecular formula is C18H40MoO2Si. The van der Waals surface area contributed by atoms with Gasteiger partial charge in [0.15, 0.2) is 0 Å². The fourth-order valence-corrected chi connectivity index (χ4v) is 3.93. The Kier molecular flexibility index (Phi) is 40.7. The second-order valence-corrected chi connectivity index (χ2v) is 12.4. The van der Waals surface area contributed by atoms with Gasteiger partial charge in [-0.05, 0) is 17.4 Å². The van der Waals surface area contributed by atoms with Crippen LogP contribution < -0.4 is 0 Å². The van der Waals surface area contributed by atoms with E-state index in [-0.39, 0.29) is 35.9 Å². The molecule has 0 aromatic heterocycles. The smallest absolute Gasteiger partial charge is 0.545 e. The van der Waals surface area contributed by atoms with Crippen LogP contribution in [0.3, 0.4) is 0 Å². The second-order valence-electron chi connectivity index (χ2n) is 6.84. The molecule has 0 aromatic carbocycles. The van der Waals surface area contributed by atoms with Gasteiger partial charge in [0.05, 0.1) is 0 Å². The Hall–Kier alpha value is 0.245. The minimum Gasteiger partial charge on any atom is -0.545 e. The zero-order valence-electron chi connectivity index (χ0n) is 16.4. The molecule has 0 radical (unpaired) electrons. The normalized spacial score (nSPS) is 12.8. The summed E-state index contributed by atoms with van der Waals surface area (Å²) in [7, 11) is -0.724. The van der Waals surface area contributed by atoms with E-state index in [1.54, 1.807) is 0 Å². The molecule has 0 heterocycles. The Labute approximate surface area is 157 Å². The summed E-state index contributed by atoms with van der Waals surface area (Å²) in [5.41, 5.74) is 1.15. The molecule has 4 heteroatoms. The quantitative estimate of drug-likeness (QED) is 0.321. The van der Waals surface area contributed by atoms with E-state index in [0.717, 1.165) is 17.4 Å². The van der Waals surface area contributed by atoms with Gasteiger partial charge in [-0.2, -0.15) is 0 Å². The summed E-state index contributed by atoms with van der Waals surface area (Å²) < 4.78 is 0. The molecule has 1 saturated carbocycles. The van der Waals surface area contributed by atoms with Crippen LogP contribution in [0.5, 0.6) is 0 Å². The van der Waals surface area contributed by atoms with Crippen LogP contribution in [0.2, 0.25) is 25.2 Å². The molecule has 0 aromatic rings. The van der Waals surface area contributed by atoms with Crippen LogP contribution in [-0.4, -0.2) is 21.7 Å². The zero-order valence-corrected chi connectivity index (χ0v) is 19.4. The van der Waals surface area contributed by atoms with E-state index >= 15 is 0 Å². The second kappa shape index (κ2) is 23.5. The van der Waals surface area contributed by atoms with Crippen LogP contribution in [-0.2, 0) is 30.7 Å². The maximum atomic E-state index is 7.75. The predicted molar refractivity (Wildman–Crippen MR) is 102 cm³/mol. The summed E-state index contributed by atoms with van der Waals surface area (Å²) in [5.74, 6) is 1.70. The first-order valence-corrected chi connectivity index (χ1v) is 10.8. The van der Waals surface area contributed by atoms with Gasteiger partial charge in [-0.3, -0.25) is 13.6 Å². The average Bonchev–Trinajstić information content (AvgIpc) is 2.88. The predicted octanol–water partition coefficient (Wildman–Crippen LogP) is 5.92. The molecule has 0 aliphatic heterocycles. The van der Waals surface area contributed by atoms with Gasteiger partial charge in [0.2, 0.25) is 0 Å². The summed E-state index contributed by atoms with van der Waals surface area (Å²) in [5, 5.41) is 0. The summed E-state index contributed by atoms with van der Waals surface area (Å²) in [4.78, 5) is 15.5. The van der Waals surface area contributed by atoms with Crippen LogP contribution >= 0.6 is 0 Å². The van der Waals surface area contributed by atoms with Crippen molar-refractivity contribution < 1.29 is 30.7 Å². The van der Waals surface area contributed by atoms with E-state index in [1.807, 2.05) is 0 Å². The van der Waals surface area contributed by atoms with E-state index < -0.39 is 8.07 Å². The average molecular weight is 413 g/mol. The summed E-state index contributed by atoms with van der Waals surface area (Å²) in [6.45, 7) is 23.0. The fourth-order valence-electron chi connectivity index (χ4n) is 1.79. The molecule has 1 fully saturated rings. The van der Waals surface area contributed by atoms with E-state index in [0.29, 0.717) is 0 Å². The van der Waals surface area contributed by atoms with Gasteiger partial charge in [-0.1, -0.05) is 73.0 Å². The van der Waals surface area contributed by atoms with Crippen molar-refractivity contribution in [3.05, 3.63) is 14.9 Å². The van der Waals surface area contributed by atoms with Crippen molar-refractivity contribution in [2.75, 3.05) is 0 Å². The number of hydrogen-bond donors (Lipinski definition) is 0. The Morgan fingerprint density at radius 1 is 0.773 bits per heavy atom. The fraction of sp³-hybridized carbons (Fsp3) is 0.778. The molecule has 1 aliphatic carbocycles. The van der Waals surface area contributed by atoms with Crippen molar-refractivity contribution in [1.82, 2.24) is 0 Å². The molecule has 22 heavy (non-hydrogen) atoms. The van der Waals surface area contributed by atoms with E-state index in [4.69, 9.17) is 9.59 Å². The molecule has 134 valence electrons. The minimum atomic E-state index is -0.724. The Balaban J connectivity index is -0.0000000442. The summed E-state index contributed by atoms with van der Waals surface area (Å²) in [6.07, 6.45) is 6.09. The van der Waals surface area contributed by atoms with Crippen molar-refractivity contribution in [3.8, 4) is 0 Å². The van der Waals surface area contributed by atoms with Gasteiger partial charge < -0.3 is 24.4 Å². The molecule has 1 aliphatic rings. The Morgan fingerprint density at radius 2 is 1.00 bits per heavy atom. The Morgan fingerprint density at radius 3 is 1.09 bits per heavy atom. The zero-order chi connectivity index (χ0) is 16.1. The monoisotopic (exact) mass is 414 g/mol. The molecule has 0 spiro atoms. The molecular weight excluding hydrogens is 372 g/mol. The maximum Gasteiger partial charge on any atom is 4.00 e. The van der Waals surface area contributed by atoms with Gasteiger partial charge in [0.25, 0.3) is 0 Å². The number of carbonyl (C=O) groups excluding carboxylic acids is 2. The molecule has 0 amide bonds. The van der Waals surface area contributed by atoms with Crippen LogP contribution in [0.25, 0.3) is 0 Å². The van der Waals surface area contributed by atoms with Crippen molar-refractivity contribution in [3.63, 3.8) is 0 Å². The standard InChI is InChI=1S/C8H18Si.C6H14.2CHO.2CH3.Mo/c1-9(2,3)8-6-4-5-7-8;1-5(2)6(3)4;2*1-2;;;/h8H,4-7H2,1-3H3;5-6H,1-4H3;2*1H;2*1H3;/q;;4*-1;+4. The van der Waals surface area contributed by atoms with Crippen LogP contribution in [0, 0.1) is 26.7 Å². The van der Waals surface area contributed by atoms with Gasteiger partial charge in [0.1, 0.15) is 0 Å². The van der Waals surface area contributed by atoms with Crippen molar-refractivity contribution in [1.29, 1.82) is 0 Å². The topological polar surface area (TPSA) is 34.1 Å². The van der Waals surface area contributed by atoms with Crippen LogP contribution in [0.1, 0.15) is 53.4 Å².